The molecule has 0 atom stereocenters. The van der Waals surface area contributed by atoms with Crippen molar-refractivity contribution in [3.63, 3.8) is 0 Å². The van der Waals surface area contributed by atoms with Crippen molar-refractivity contribution in [1.82, 2.24) is 0 Å². The molecule has 1 aromatic heterocycles. The van der Waals surface area contributed by atoms with Crippen molar-refractivity contribution < 1.29 is 9.65 Å². The molecule has 0 fully saturated rings. The first-order valence-corrected chi connectivity index (χ1v) is 4.78. The Morgan fingerprint density at radius 2 is 1.88 bits per heavy atom. The number of pyridine rings is 1. The molecule has 0 spiro atoms. The van der Waals surface area contributed by atoms with Gasteiger partial charge in [-0.2, -0.15) is 4.73 Å². The zero-order chi connectivity index (χ0) is 11.9. The van der Waals surface area contributed by atoms with E-state index in [0.717, 1.165) is 17.3 Å². The van der Waals surface area contributed by atoms with E-state index in [-0.39, 0.29) is 5.69 Å². The Labute approximate surface area is 91.7 Å². The lowest BCUT2D eigenvalue weighted by molar-refractivity contribution is -0.577. The quantitative estimate of drug-likeness (QED) is 0.318. The fraction of sp³-hybridized carbons (Fsp3) is 0.182. The fourth-order valence-corrected chi connectivity index (χ4v) is 1.66. The SMILES string of the molecule is Cc1cc2c([N+](=O)[O-])cc[n+]([O-])c2cc1C. The van der Waals surface area contributed by atoms with Crippen molar-refractivity contribution in [2.75, 3.05) is 0 Å². The highest BCUT2D eigenvalue weighted by atomic mass is 16.6. The standard InChI is InChI=1S/C11H10N2O3/c1-7-5-9-10(13(15)16)3-4-12(14)11(9)6-8(7)2/h3-6H,1-2H3. The Bertz CT molecular complexity index is 593. The first kappa shape index (κ1) is 10.4. The second kappa shape index (κ2) is 3.44. The molecule has 0 aliphatic carbocycles. The summed E-state index contributed by atoms with van der Waals surface area (Å²) in [4.78, 5) is 10.3. The van der Waals surface area contributed by atoms with E-state index in [2.05, 4.69) is 0 Å². The number of fused-ring (bicyclic) bond motifs is 1. The van der Waals surface area contributed by atoms with Crippen LogP contribution in [0.4, 0.5) is 5.69 Å². The topological polar surface area (TPSA) is 70.1 Å². The third-order valence-electron chi connectivity index (χ3n) is 2.69. The smallest absolute Gasteiger partial charge is 0.289 e. The molecule has 0 aliphatic rings. The summed E-state index contributed by atoms with van der Waals surface area (Å²) in [7, 11) is 0. The molecule has 0 N–H and O–H groups in total. The normalized spacial score (nSPS) is 10.6. The van der Waals surface area contributed by atoms with Gasteiger partial charge in [0.2, 0.25) is 5.52 Å². The van der Waals surface area contributed by atoms with Crippen molar-refractivity contribution in [3.05, 3.63) is 50.8 Å². The van der Waals surface area contributed by atoms with Gasteiger partial charge in [-0.15, -0.1) is 0 Å². The molecule has 0 saturated carbocycles. The molecule has 0 radical (unpaired) electrons. The van der Waals surface area contributed by atoms with E-state index in [1.807, 2.05) is 13.8 Å². The van der Waals surface area contributed by atoms with Crippen LogP contribution in [-0.4, -0.2) is 4.92 Å². The molecule has 5 nitrogen and oxygen atoms in total. The molecule has 0 bridgehead atoms. The molecule has 5 heteroatoms. The number of nitrogens with zero attached hydrogens (tertiary/aromatic N) is 2. The summed E-state index contributed by atoms with van der Waals surface area (Å²) in [6, 6.07) is 4.58. The van der Waals surface area contributed by atoms with E-state index in [1.54, 1.807) is 12.1 Å². The van der Waals surface area contributed by atoms with Crippen LogP contribution in [0.25, 0.3) is 10.9 Å². The zero-order valence-electron chi connectivity index (χ0n) is 8.93. The van der Waals surface area contributed by atoms with Gasteiger partial charge in [-0.25, -0.2) is 0 Å². The third-order valence-corrected chi connectivity index (χ3v) is 2.69. The molecule has 82 valence electrons. The minimum absolute atomic E-state index is 0.0369. The first-order valence-electron chi connectivity index (χ1n) is 4.78. The predicted octanol–water partition coefficient (Wildman–Crippen LogP) is 2.00. The molecular weight excluding hydrogens is 208 g/mol. The van der Waals surface area contributed by atoms with Crippen molar-refractivity contribution in [1.29, 1.82) is 0 Å². The van der Waals surface area contributed by atoms with Crippen LogP contribution in [0.2, 0.25) is 0 Å². The van der Waals surface area contributed by atoms with Gasteiger partial charge in [0.15, 0.2) is 6.20 Å². The highest BCUT2D eigenvalue weighted by Crippen LogP contribution is 2.25. The number of hydrogen-bond acceptors (Lipinski definition) is 3. The van der Waals surface area contributed by atoms with Gasteiger partial charge < -0.3 is 5.21 Å². The maximum atomic E-state index is 11.5. The summed E-state index contributed by atoms with van der Waals surface area (Å²) >= 11 is 0. The highest BCUT2D eigenvalue weighted by Gasteiger charge is 2.18. The number of aryl methyl sites for hydroxylation is 2. The van der Waals surface area contributed by atoms with Crippen LogP contribution in [0.3, 0.4) is 0 Å². The van der Waals surface area contributed by atoms with Crippen LogP contribution >= 0.6 is 0 Å². The Morgan fingerprint density at radius 3 is 2.50 bits per heavy atom. The molecule has 1 aromatic carbocycles. The molecule has 16 heavy (non-hydrogen) atoms. The van der Waals surface area contributed by atoms with Gasteiger partial charge in [0.05, 0.1) is 11.0 Å². The van der Waals surface area contributed by atoms with E-state index in [4.69, 9.17) is 0 Å². The number of hydrogen-bond donors (Lipinski definition) is 0. The largest absolute Gasteiger partial charge is 0.618 e. The van der Waals surface area contributed by atoms with E-state index in [1.165, 1.54) is 6.07 Å². The Balaban J connectivity index is 2.93. The van der Waals surface area contributed by atoms with Crippen molar-refractivity contribution in [2.24, 2.45) is 0 Å². The number of benzene rings is 1. The maximum absolute atomic E-state index is 11.5. The number of rotatable bonds is 1. The van der Waals surface area contributed by atoms with E-state index in [0.29, 0.717) is 15.6 Å². The second-order valence-electron chi connectivity index (χ2n) is 3.74. The lowest BCUT2D eigenvalue weighted by Gasteiger charge is -2.05. The molecule has 0 unspecified atom stereocenters. The summed E-state index contributed by atoms with van der Waals surface area (Å²) in [6.07, 6.45) is 1.16. The van der Waals surface area contributed by atoms with Gasteiger partial charge in [0.25, 0.3) is 5.69 Å². The lowest BCUT2D eigenvalue weighted by Crippen LogP contribution is -2.26. The second-order valence-corrected chi connectivity index (χ2v) is 3.74. The van der Waals surface area contributed by atoms with Gasteiger partial charge in [0.1, 0.15) is 5.39 Å². The summed E-state index contributed by atoms with van der Waals surface area (Å²) in [5.41, 5.74) is 2.17. The van der Waals surface area contributed by atoms with E-state index < -0.39 is 4.92 Å². The zero-order valence-corrected chi connectivity index (χ0v) is 8.93. The summed E-state index contributed by atoms with van der Waals surface area (Å²) < 4.78 is 0.648. The minimum Gasteiger partial charge on any atom is -0.618 e. The van der Waals surface area contributed by atoms with Gasteiger partial charge in [-0.05, 0) is 31.0 Å². The van der Waals surface area contributed by atoms with Gasteiger partial charge in [-0.3, -0.25) is 10.1 Å². The molecule has 1 heterocycles. The molecule has 0 saturated heterocycles. The van der Waals surface area contributed by atoms with Crippen LogP contribution in [0.5, 0.6) is 0 Å². The van der Waals surface area contributed by atoms with Gasteiger partial charge in [0, 0.05) is 6.07 Å². The average molecular weight is 218 g/mol. The molecule has 0 aliphatic heterocycles. The van der Waals surface area contributed by atoms with Crippen LogP contribution in [-0.2, 0) is 0 Å². The maximum Gasteiger partial charge on any atom is 0.289 e. The highest BCUT2D eigenvalue weighted by molar-refractivity contribution is 5.86. The van der Waals surface area contributed by atoms with Crippen molar-refractivity contribution in [2.45, 2.75) is 13.8 Å². The molecule has 2 rings (SSSR count). The minimum atomic E-state index is -0.475. The fourth-order valence-electron chi connectivity index (χ4n) is 1.66. The molecule has 2 aromatic rings. The summed E-state index contributed by atoms with van der Waals surface area (Å²) in [6.45, 7) is 3.73. The van der Waals surface area contributed by atoms with Crippen LogP contribution in [0.15, 0.2) is 24.4 Å². The summed E-state index contributed by atoms with van der Waals surface area (Å²) in [5.74, 6) is 0. The van der Waals surface area contributed by atoms with E-state index in [9.17, 15) is 15.3 Å². The Kier molecular flexibility index (Phi) is 2.23. The van der Waals surface area contributed by atoms with Gasteiger partial charge >= 0.3 is 0 Å². The Morgan fingerprint density at radius 1 is 1.25 bits per heavy atom. The lowest BCUT2D eigenvalue weighted by atomic mass is 10.1. The molecule has 0 amide bonds. The number of aromatic nitrogens is 1. The monoisotopic (exact) mass is 218 g/mol. The van der Waals surface area contributed by atoms with Crippen LogP contribution < -0.4 is 4.73 Å². The average Bonchev–Trinajstić information content (AvgIpc) is 2.21. The predicted molar refractivity (Wildman–Crippen MR) is 59.0 cm³/mol. The van der Waals surface area contributed by atoms with Crippen molar-refractivity contribution >= 4 is 16.6 Å². The van der Waals surface area contributed by atoms with Crippen molar-refractivity contribution in [3.8, 4) is 0 Å². The molecular formula is C11H10N2O3. The van der Waals surface area contributed by atoms with Crippen LogP contribution in [0, 0.1) is 29.2 Å². The van der Waals surface area contributed by atoms with Gasteiger partial charge in [-0.1, -0.05) is 0 Å². The van der Waals surface area contributed by atoms with E-state index >= 15 is 0 Å². The summed E-state index contributed by atoms with van der Waals surface area (Å²) in [5, 5.41) is 22.7. The third kappa shape index (κ3) is 1.46. The van der Waals surface area contributed by atoms with Crippen LogP contribution in [0.1, 0.15) is 11.1 Å². The number of nitro groups is 1. The first-order chi connectivity index (χ1) is 7.50. The Hall–Kier alpha value is -2.17.